The number of rotatable bonds is 3. The Morgan fingerprint density at radius 1 is 1.44 bits per heavy atom. The molecule has 0 bridgehead atoms. The molecule has 0 radical (unpaired) electrons. The summed E-state index contributed by atoms with van der Waals surface area (Å²) in [5.74, 6) is -0.0352. The summed E-state index contributed by atoms with van der Waals surface area (Å²) in [4.78, 5) is 10.9. The first kappa shape index (κ1) is 11.0. The van der Waals surface area contributed by atoms with Gasteiger partial charge in [-0.25, -0.2) is 0 Å². The molecule has 0 aliphatic carbocycles. The molecule has 1 aromatic rings. The number of hydrogen-bond donors (Lipinski definition) is 3. The zero-order chi connectivity index (χ0) is 11.5. The summed E-state index contributed by atoms with van der Waals surface area (Å²) in [6.45, 7) is 5.56. The Bertz CT molecular complexity index is 399. The van der Waals surface area contributed by atoms with Gasteiger partial charge in [-0.1, -0.05) is 0 Å². The quantitative estimate of drug-likeness (QED) is 0.719. The number of carbonyl (C=O) groups is 1. The first-order valence-corrected chi connectivity index (χ1v) is 5.50. The molecule has 3 N–H and O–H groups in total. The van der Waals surface area contributed by atoms with E-state index in [1.165, 1.54) is 6.92 Å². The predicted molar refractivity (Wildman–Crippen MR) is 65.8 cm³/mol. The summed E-state index contributed by atoms with van der Waals surface area (Å²) >= 11 is 0. The molecule has 1 aromatic carbocycles. The van der Waals surface area contributed by atoms with Crippen LogP contribution in [0, 0.1) is 6.92 Å². The fourth-order valence-corrected chi connectivity index (χ4v) is 1.71. The van der Waals surface area contributed by atoms with Crippen LogP contribution in [0.2, 0.25) is 0 Å². The third-order valence-electron chi connectivity index (χ3n) is 2.69. The first-order chi connectivity index (χ1) is 7.65. The van der Waals surface area contributed by atoms with E-state index in [1.54, 1.807) is 0 Å². The van der Waals surface area contributed by atoms with Crippen molar-refractivity contribution in [3.8, 4) is 0 Å². The van der Waals surface area contributed by atoms with Crippen LogP contribution in [0.1, 0.15) is 12.5 Å². The Balaban J connectivity index is 2.05. The highest BCUT2D eigenvalue weighted by Crippen LogP contribution is 2.20. The standard InChI is InChI=1S/C12H17N3O/c1-8-5-10(15-11-6-13-7-11)3-4-12(8)14-9(2)16/h3-5,11,13,15H,6-7H2,1-2H3,(H,14,16). The lowest BCUT2D eigenvalue weighted by atomic mass is 10.1. The van der Waals surface area contributed by atoms with Gasteiger partial charge in [0.15, 0.2) is 0 Å². The molecule has 2 rings (SSSR count). The second-order valence-corrected chi connectivity index (χ2v) is 4.21. The van der Waals surface area contributed by atoms with Crippen molar-refractivity contribution >= 4 is 17.3 Å². The van der Waals surface area contributed by atoms with Crippen LogP contribution < -0.4 is 16.0 Å². The van der Waals surface area contributed by atoms with E-state index in [-0.39, 0.29) is 5.91 Å². The van der Waals surface area contributed by atoms with Gasteiger partial charge in [-0.15, -0.1) is 0 Å². The van der Waals surface area contributed by atoms with Crippen LogP contribution in [-0.2, 0) is 4.79 Å². The summed E-state index contributed by atoms with van der Waals surface area (Å²) < 4.78 is 0. The molecule has 1 amide bonds. The number of anilines is 2. The molecular weight excluding hydrogens is 202 g/mol. The van der Waals surface area contributed by atoms with Crippen LogP contribution in [0.4, 0.5) is 11.4 Å². The summed E-state index contributed by atoms with van der Waals surface area (Å²) in [7, 11) is 0. The van der Waals surface area contributed by atoms with Gasteiger partial charge in [-0.05, 0) is 30.7 Å². The maximum absolute atomic E-state index is 10.9. The molecule has 1 heterocycles. The van der Waals surface area contributed by atoms with E-state index in [4.69, 9.17) is 0 Å². The van der Waals surface area contributed by atoms with Crippen LogP contribution in [0.3, 0.4) is 0 Å². The maximum Gasteiger partial charge on any atom is 0.221 e. The molecule has 0 saturated carbocycles. The van der Waals surface area contributed by atoms with Gasteiger partial charge in [0.05, 0.1) is 6.04 Å². The van der Waals surface area contributed by atoms with Gasteiger partial charge >= 0.3 is 0 Å². The highest BCUT2D eigenvalue weighted by molar-refractivity contribution is 5.89. The van der Waals surface area contributed by atoms with Crippen LogP contribution in [0.15, 0.2) is 18.2 Å². The minimum absolute atomic E-state index is 0.0352. The molecule has 1 fully saturated rings. The third-order valence-corrected chi connectivity index (χ3v) is 2.69. The van der Waals surface area contributed by atoms with Crippen molar-refractivity contribution in [3.63, 3.8) is 0 Å². The van der Waals surface area contributed by atoms with Gasteiger partial charge < -0.3 is 16.0 Å². The topological polar surface area (TPSA) is 53.2 Å². The van der Waals surface area contributed by atoms with Crippen molar-refractivity contribution in [3.05, 3.63) is 23.8 Å². The molecule has 0 aromatic heterocycles. The lowest BCUT2D eigenvalue weighted by molar-refractivity contribution is -0.114. The van der Waals surface area contributed by atoms with E-state index in [0.29, 0.717) is 6.04 Å². The molecule has 4 nitrogen and oxygen atoms in total. The van der Waals surface area contributed by atoms with E-state index in [9.17, 15) is 4.79 Å². The molecule has 0 atom stereocenters. The molecule has 1 saturated heterocycles. The van der Waals surface area contributed by atoms with Crippen LogP contribution in [-0.4, -0.2) is 25.0 Å². The van der Waals surface area contributed by atoms with Crippen LogP contribution in [0.5, 0.6) is 0 Å². The minimum atomic E-state index is -0.0352. The SMILES string of the molecule is CC(=O)Nc1ccc(NC2CNC2)cc1C. The van der Waals surface area contributed by atoms with E-state index in [2.05, 4.69) is 22.0 Å². The zero-order valence-corrected chi connectivity index (χ0v) is 9.63. The average molecular weight is 219 g/mol. The Morgan fingerprint density at radius 2 is 2.19 bits per heavy atom. The zero-order valence-electron chi connectivity index (χ0n) is 9.63. The number of carbonyl (C=O) groups excluding carboxylic acids is 1. The summed E-state index contributed by atoms with van der Waals surface area (Å²) in [5.41, 5.74) is 3.07. The van der Waals surface area contributed by atoms with Gasteiger partial charge in [-0.3, -0.25) is 4.79 Å². The molecule has 0 unspecified atom stereocenters. The number of aryl methyl sites for hydroxylation is 1. The van der Waals surface area contributed by atoms with Crippen molar-refractivity contribution in [2.45, 2.75) is 19.9 Å². The monoisotopic (exact) mass is 219 g/mol. The molecule has 1 aliphatic rings. The van der Waals surface area contributed by atoms with Crippen molar-refractivity contribution in [1.29, 1.82) is 0 Å². The third kappa shape index (κ3) is 2.52. The number of nitrogens with one attached hydrogen (secondary N) is 3. The Kier molecular flexibility index (Phi) is 3.10. The second kappa shape index (κ2) is 4.53. The molecule has 0 spiro atoms. The fourth-order valence-electron chi connectivity index (χ4n) is 1.71. The fraction of sp³-hybridized carbons (Fsp3) is 0.417. The molecule has 16 heavy (non-hydrogen) atoms. The van der Waals surface area contributed by atoms with Gasteiger partial charge in [0.1, 0.15) is 0 Å². The smallest absolute Gasteiger partial charge is 0.221 e. The lowest BCUT2D eigenvalue weighted by Gasteiger charge is -2.29. The minimum Gasteiger partial charge on any atom is -0.380 e. The van der Waals surface area contributed by atoms with Crippen molar-refractivity contribution in [2.75, 3.05) is 23.7 Å². The number of benzene rings is 1. The van der Waals surface area contributed by atoms with Crippen molar-refractivity contribution in [1.82, 2.24) is 5.32 Å². The summed E-state index contributed by atoms with van der Waals surface area (Å²) in [6, 6.07) is 6.52. The van der Waals surface area contributed by atoms with Crippen molar-refractivity contribution in [2.24, 2.45) is 0 Å². The van der Waals surface area contributed by atoms with E-state index >= 15 is 0 Å². The predicted octanol–water partition coefficient (Wildman–Crippen LogP) is 1.34. The Hall–Kier alpha value is -1.55. The summed E-state index contributed by atoms with van der Waals surface area (Å²) in [5, 5.41) is 9.44. The van der Waals surface area contributed by atoms with E-state index in [1.807, 2.05) is 19.1 Å². The maximum atomic E-state index is 10.9. The Morgan fingerprint density at radius 3 is 2.69 bits per heavy atom. The molecular formula is C12H17N3O. The lowest BCUT2D eigenvalue weighted by Crippen LogP contribution is -2.51. The number of hydrogen-bond acceptors (Lipinski definition) is 3. The first-order valence-electron chi connectivity index (χ1n) is 5.50. The van der Waals surface area contributed by atoms with Crippen LogP contribution >= 0.6 is 0 Å². The molecule has 1 aliphatic heterocycles. The van der Waals surface area contributed by atoms with E-state index < -0.39 is 0 Å². The Labute approximate surface area is 95.4 Å². The van der Waals surface area contributed by atoms with Gasteiger partial charge in [0.2, 0.25) is 5.91 Å². The van der Waals surface area contributed by atoms with Crippen LogP contribution in [0.25, 0.3) is 0 Å². The molecule has 4 heteroatoms. The average Bonchev–Trinajstić information content (AvgIpc) is 2.15. The largest absolute Gasteiger partial charge is 0.380 e. The normalized spacial score (nSPS) is 15.4. The number of amides is 1. The van der Waals surface area contributed by atoms with Crippen molar-refractivity contribution < 1.29 is 4.79 Å². The van der Waals surface area contributed by atoms with Gasteiger partial charge in [-0.2, -0.15) is 0 Å². The van der Waals surface area contributed by atoms with Gasteiger partial charge in [0, 0.05) is 31.4 Å². The highest BCUT2D eigenvalue weighted by Gasteiger charge is 2.15. The highest BCUT2D eigenvalue weighted by atomic mass is 16.1. The van der Waals surface area contributed by atoms with Gasteiger partial charge in [0.25, 0.3) is 0 Å². The van der Waals surface area contributed by atoms with E-state index in [0.717, 1.165) is 30.0 Å². The molecule has 86 valence electrons. The second-order valence-electron chi connectivity index (χ2n) is 4.21. The summed E-state index contributed by atoms with van der Waals surface area (Å²) in [6.07, 6.45) is 0.